The summed E-state index contributed by atoms with van der Waals surface area (Å²) >= 11 is 0. The minimum absolute atomic E-state index is 0.312. The molecule has 0 spiro atoms. The van der Waals surface area contributed by atoms with E-state index in [1.54, 1.807) is 0 Å². The maximum absolute atomic E-state index is 11.8. The van der Waals surface area contributed by atoms with Crippen LogP contribution in [0.3, 0.4) is 0 Å². The van der Waals surface area contributed by atoms with Gasteiger partial charge in [0, 0.05) is 18.2 Å². The van der Waals surface area contributed by atoms with Crippen LogP contribution in [-0.4, -0.2) is 56.2 Å². The van der Waals surface area contributed by atoms with E-state index in [1.165, 1.54) is 0 Å². The first kappa shape index (κ1) is 31.1. The van der Waals surface area contributed by atoms with Crippen LogP contribution >= 0.6 is 0 Å². The molecule has 0 heterocycles. The molecule has 0 aromatic heterocycles. The van der Waals surface area contributed by atoms with Gasteiger partial charge in [0.1, 0.15) is 28.6 Å². The molecule has 0 radical (unpaired) electrons. The normalized spacial score (nSPS) is 12.3. The van der Waals surface area contributed by atoms with Crippen molar-refractivity contribution in [3.8, 4) is 23.0 Å². The zero-order chi connectivity index (χ0) is 32.7. The van der Waals surface area contributed by atoms with Gasteiger partial charge in [-0.1, -0.05) is 0 Å². The number of nitro groups is 2. The molecule has 0 saturated heterocycles. The zero-order valence-electron chi connectivity index (χ0n) is 21.1. The predicted octanol–water partition coefficient (Wildman–Crippen LogP) is 4.80. The topological polar surface area (TPSA) is 325 Å². The fraction of sp³-hybridized carbons (Fsp3) is 0. The van der Waals surface area contributed by atoms with Crippen molar-refractivity contribution in [1.29, 1.82) is 0 Å². The third-order valence-electron chi connectivity index (χ3n) is 5.61. The standard InChI is InChI=1S/C22H14N6O14S2/c29-17-8-18(30)14(24-26-22-16(28(35)36)3-10(27(33)34)4-20(22)32)7-13(17)23-25-15-5-11(43(37,38)39)1-9-2-12(44(40,41)42)6-19(31)21(9)15/h1-8,29-32H,(H,37,38,39)(H,40,41,42). The SMILES string of the molecule is O=[N+]([O-])c1cc(O)c(N=Nc2cc(N=Nc3cc(S(=O)(=O)O)cc4cc(S(=O)(=O)O)cc(O)c34)c(O)cc2O)c([N+](=O)[O-])c1. The van der Waals surface area contributed by atoms with E-state index in [0.29, 0.717) is 24.3 Å². The van der Waals surface area contributed by atoms with Crippen molar-refractivity contribution in [1.82, 2.24) is 0 Å². The molecular weight excluding hydrogens is 636 g/mol. The van der Waals surface area contributed by atoms with Crippen molar-refractivity contribution in [3.05, 3.63) is 68.8 Å². The van der Waals surface area contributed by atoms with E-state index < -0.39 is 97.0 Å². The average Bonchev–Trinajstić information content (AvgIpc) is 2.90. The first-order chi connectivity index (χ1) is 20.4. The largest absolute Gasteiger partial charge is 0.507 e. The van der Waals surface area contributed by atoms with Gasteiger partial charge in [0.15, 0.2) is 5.75 Å². The number of phenolic OH excluding ortho intramolecular Hbond substituents is 4. The summed E-state index contributed by atoms with van der Waals surface area (Å²) < 4.78 is 65.6. The van der Waals surface area contributed by atoms with Gasteiger partial charge >= 0.3 is 5.69 Å². The van der Waals surface area contributed by atoms with Crippen LogP contribution in [0, 0.1) is 20.2 Å². The van der Waals surface area contributed by atoms with Crippen LogP contribution in [-0.2, 0) is 20.2 Å². The Morgan fingerprint density at radius 1 is 0.568 bits per heavy atom. The number of nitrogens with zero attached hydrogens (tertiary/aromatic N) is 6. The first-order valence-corrected chi connectivity index (χ1v) is 14.1. The second-order valence-electron chi connectivity index (χ2n) is 8.51. The van der Waals surface area contributed by atoms with E-state index in [2.05, 4.69) is 20.5 Å². The molecule has 0 aliphatic heterocycles. The number of nitro benzene ring substituents is 2. The van der Waals surface area contributed by atoms with Gasteiger partial charge < -0.3 is 20.4 Å². The van der Waals surface area contributed by atoms with Crippen molar-refractivity contribution < 1.29 is 56.2 Å². The van der Waals surface area contributed by atoms with Gasteiger partial charge in [-0.2, -0.15) is 16.8 Å². The van der Waals surface area contributed by atoms with Gasteiger partial charge in [0.2, 0.25) is 5.69 Å². The number of hydrogen-bond donors (Lipinski definition) is 6. The molecule has 4 aromatic rings. The molecule has 20 nitrogen and oxygen atoms in total. The van der Waals surface area contributed by atoms with Crippen LogP contribution in [0.25, 0.3) is 10.8 Å². The summed E-state index contributed by atoms with van der Waals surface area (Å²) in [4.78, 5) is 18.6. The molecule has 0 bridgehead atoms. The summed E-state index contributed by atoms with van der Waals surface area (Å²) in [7, 11) is -9.82. The number of non-ortho nitro benzene ring substituents is 1. The molecule has 0 unspecified atom stereocenters. The summed E-state index contributed by atoms with van der Waals surface area (Å²) in [5.74, 6) is -3.36. The number of azo groups is 2. The molecule has 228 valence electrons. The summed E-state index contributed by atoms with van der Waals surface area (Å²) in [5.41, 5.74) is -4.23. The van der Waals surface area contributed by atoms with Crippen LogP contribution in [0.1, 0.15) is 0 Å². The van der Waals surface area contributed by atoms with Gasteiger partial charge in [-0.25, -0.2) is 0 Å². The van der Waals surface area contributed by atoms with Crippen molar-refractivity contribution in [2.45, 2.75) is 9.79 Å². The van der Waals surface area contributed by atoms with Gasteiger partial charge in [0.05, 0.1) is 42.8 Å². The Kier molecular flexibility index (Phi) is 7.85. The fourth-order valence-corrected chi connectivity index (χ4v) is 4.73. The molecule has 22 heteroatoms. The zero-order valence-corrected chi connectivity index (χ0v) is 22.7. The van der Waals surface area contributed by atoms with Gasteiger partial charge in [-0.3, -0.25) is 29.3 Å². The highest BCUT2D eigenvalue weighted by Crippen LogP contribution is 2.44. The summed E-state index contributed by atoms with van der Waals surface area (Å²) in [6.07, 6.45) is 0. The van der Waals surface area contributed by atoms with Crippen LogP contribution < -0.4 is 0 Å². The first-order valence-electron chi connectivity index (χ1n) is 11.2. The number of phenols is 4. The Hall–Kier alpha value is -5.84. The van der Waals surface area contributed by atoms with Crippen molar-refractivity contribution in [2.75, 3.05) is 0 Å². The molecule has 0 fully saturated rings. The molecule has 0 atom stereocenters. The molecule has 4 aromatic carbocycles. The highest BCUT2D eigenvalue weighted by Gasteiger charge is 2.25. The summed E-state index contributed by atoms with van der Waals surface area (Å²) in [5, 5.41) is 77.0. The lowest BCUT2D eigenvalue weighted by atomic mass is 10.1. The lowest BCUT2D eigenvalue weighted by Gasteiger charge is -2.09. The van der Waals surface area contributed by atoms with Crippen LogP contribution in [0.15, 0.2) is 78.8 Å². The lowest BCUT2D eigenvalue weighted by molar-refractivity contribution is -0.393. The molecule has 0 aliphatic carbocycles. The van der Waals surface area contributed by atoms with Crippen LogP contribution in [0.2, 0.25) is 0 Å². The maximum Gasteiger partial charge on any atom is 0.307 e. The smallest absolute Gasteiger partial charge is 0.307 e. The fourth-order valence-electron chi connectivity index (χ4n) is 3.66. The summed E-state index contributed by atoms with van der Waals surface area (Å²) in [6, 6.07) is 5.44. The van der Waals surface area contributed by atoms with E-state index in [4.69, 9.17) is 0 Å². The van der Waals surface area contributed by atoms with E-state index in [-0.39, 0.29) is 10.8 Å². The van der Waals surface area contributed by atoms with Crippen LogP contribution in [0.4, 0.5) is 34.1 Å². The van der Waals surface area contributed by atoms with Gasteiger partial charge in [-0.15, -0.1) is 20.5 Å². The Labute approximate surface area is 243 Å². The van der Waals surface area contributed by atoms with Gasteiger partial charge in [-0.05, 0) is 23.6 Å². The molecular formula is C22H14N6O14S2. The number of fused-ring (bicyclic) bond motifs is 1. The van der Waals surface area contributed by atoms with Gasteiger partial charge in [0.25, 0.3) is 25.9 Å². The Balaban J connectivity index is 1.84. The number of aromatic hydroxyl groups is 4. The average molecular weight is 651 g/mol. The maximum atomic E-state index is 11.8. The minimum atomic E-state index is -4.95. The van der Waals surface area contributed by atoms with Crippen LogP contribution in [0.5, 0.6) is 23.0 Å². The predicted molar refractivity (Wildman–Crippen MR) is 145 cm³/mol. The third-order valence-corrected chi connectivity index (χ3v) is 7.27. The van der Waals surface area contributed by atoms with E-state index in [1.807, 2.05) is 0 Å². The van der Waals surface area contributed by atoms with Crippen molar-refractivity contribution in [2.24, 2.45) is 20.5 Å². The number of hydrogen-bond acceptors (Lipinski definition) is 16. The molecule has 0 saturated carbocycles. The van der Waals surface area contributed by atoms with E-state index in [0.717, 1.165) is 24.3 Å². The second kappa shape index (κ2) is 11.1. The minimum Gasteiger partial charge on any atom is -0.507 e. The second-order valence-corrected chi connectivity index (χ2v) is 11.4. The highest BCUT2D eigenvalue weighted by molar-refractivity contribution is 7.86. The lowest BCUT2D eigenvalue weighted by Crippen LogP contribution is -2.00. The molecule has 0 aliphatic rings. The third kappa shape index (κ3) is 6.31. The number of benzene rings is 4. The monoisotopic (exact) mass is 650 g/mol. The summed E-state index contributed by atoms with van der Waals surface area (Å²) in [6.45, 7) is 0. The Bertz CT molecular complexity index is 2180. The Morgan fingerprint density at radius 3 is 1.61 bits per heavy atom. The quantitative estimate of drug-likeness (QED) is 0.0645. The van der Waals surface area contributed by atoms with Crippen molar-refractivity contribution in [3.63, 3.8) is 0 Å². The van der Waals surface area contributed by atoms with E-state index in [9.17, 15) is 66.6 Å². The molecule has 44 heavy (non-hydrogen) atoms. The Morgan fingerprint density at radius 2 is 1.09 bits per heavy atom. The number of rotatable bonds is 8. The molecule has 6 N–H and O–H groups in total. The molecule has 4 rings (SSSR count). The van der Waals surface area contributed by atoms with E-state index >= 15 is 0 Å². The van der Waals surface area contributed by atoms with Crippen molar-refractivity contribution >= 4 is 65.1 Å². The highest BCUT2D eigenvalue weighted by atomic mass is 32.2. The molecule has 0 amide bonds.